The van der Waals surface area contributed by atoms with Gasteiger partial charge in [-0.15, -0.1) is 0 Å². The van der Waals surface area contributed by atoms with Crippen LogP contribution in [0.3, 0.4) is 0 Å². The van der Waals surface area contributed by atoms with Crippen LogP contribution in [0.4, 0.5) is 0 Å². The van der Waals surface area contributed by atoms with Gasteiger partial charge in [-0.2, -0.15) is 0 Å². The predicted octanol–water partition coefficient (Wildman–Crippen LogP) is 2.24. The summed E-state index contributed by atoms with van der Waals surface area (Å²) in [5, 5.41) is 9.67. The number of aliphatic carboxylic acids is 1. The van der Waals surface area contributed by atoms with E-state index < -0.39 is 30.4 Å². The molecular weight excluding hydrogens is 335 g/mol. The number of rotatable bonds is 5. The molecule has 6 nitrogen and oxygen atoms in total. The van der Waals surface area contributed by atoms with E-state index in [0.29, 0.717) is 24.4 Å². The molecule has 0 aliphatic carbocycles. The van der Waals surface area contributed by atoms with Gasteiger partial charge in [-0.1, -0.05) is 18.2 Å². The molecule has 142 valence electrons. The second-order valence-electron chi connectivity index (χ2n) is 7.98. The monoisotopic (exact) mass is 362 g/mol. The van der Waals surface area contributed by atoms with Crippen LogP contribution in [0.2, 0.25) is 0 Å². The molecule has 2 fully saturated rings. The van der Waals surface area contributed by atoms with Gasteiger partial charge in [-0.3, -0.25) is 0 Å². The Bertz CT molecular complexity index is 637. The molecule has 2 unspecified atom stereocenters. The number of carboxylic acid groups (broad SMARTS) is 1. The third kappa shape index (κ3) is 3.75. The number of ether oxygens (including phenoxy) is 2. The van der Waals surface area contributed by atoms with Gasteiger partial charge in [0.2, 0.25) is 6.10 Å². The number of para-hydroxylation sites is 1. The van der Waals surface area contributed by atoms with Gasteiger partial charge in [0.25, 0.3) is 0 Å². The average molecular weight is 362 g/mol. The lowest BCUT2D eigenvalue weighted by molar-refractivity contribution is -0.150. The maximum absolute atomic E-state index is 11.8. The Kier molecular flexibility index (Phi) is 5.33. The molecule has 0 radical (unpaired) electrons. The SMILES string of the molecule is CC1(C)OB(c2ccccc2OC(C(=O)O)C2CCCOC2)OC1(C)C. The lowest BCUT2D eigenvalue weighted by Crippen LogP contribution is -2.42. The Hall–Kier alpha value is -1.57. The van der Waals surface area contributed by atoms with Crippen LogP contribution in [0.15, 0.2) is 24.3 Å². The predicted molar refractivity (Wildman–Crippen MR) is 97.8 cm³/mol. The van der Waals surface area contributed by atoms with Crippen molar-refractivity contribution in [2.75, 3.05) is 13.2 Å². The second-order valence-corrected chi connectivity index (χ2v) is 7.98. The van der Waals surface area contributed by atoms with Crippen LogP contribution in [0.25, 0.3) is 0 Å². The molecule has 3 rings (SSSR count). The minimum atomic E-state index is -0.982. The van der Waals surface area contributed by atoms with Gasteiger partial charge in [0.05, 0.1) is 17.8 Å². The van der Waals surface area contributed by atoms with Crippen LogP contribution >= 0.6 is 0 Å². The van der Waals surface area contributed by atoms with E-state index in [1.54, 1.807) is 6.07 Å². The van der Waals surface area contributed by atoms with E-state index in [2.05, 4.69) is 0 Å². The van der Waals surface area contributed by atoms with Crippen LogP contribution < -0.4 is 10.2 Å². The lowest BCUT2D eigenvalue weighted by Gasteiger charge is -2.32. The molecule has 2 aliphatic heterocycles. The zero-order valence-corrected chi connectivity index (χ0v) is 15.9. The molecule has 2 heterocycles. The zero-order chi connectivity index (χ0) is 18.9. The van der Waals surface area contributed by atoms with Crippen molar-refractivity contribution >= 4 is 18.6 Å². The molecule has 0 aromatic heterocycles. The molecule has 1 aromatic carbocycles. The molecule has 2 saturated heterocycles. The minimum Gasteiger partial charge on any atom is -0.479 e. The molecule has 2 atom stereocenters. The van der Waals surface area contributed by atoms with E-state index in [0.717, 1.165) is 12.8 Å². The summed E-state index contributed by atoms with van der Waals surface area (Å²) in [6.07, 6.45) is 0.658. The molecule has 7 heteroatoms. The van der Waals surface area contributed by atoms with Crippen molar-refractivity contribution in [1.29, 1.82) is 0 Å². The van der Waals surface area contributed by atoms with Gasteiger partial charge in [-0.05, 0) is 46.6 Å². The standard InChI is InChI=1S/C19H27BO6/c1-18(2)19(3,4)26-20(25-18)14-9-5-6-10-15(14)24-16(17(21)22)13-8-7-11-23-12-13/h5-6,9-10,13,16H,7-8,11-12H2,1-4H3,(H,21,22). The first-order valence-corrected chi connectivity index (χ1v) is 9.13. The molecule has 0 amide bonds. The van der Waals surface area contributed by atoms with E-state index >= 15 is 0 Å². The maximum Gasteiger partial charge on any atom is 0.498 e. The van der Waals surface area contributed by atoms with E-state index in [-0.39, 0.29) is 5.92 Å². The Labute approximate surface area is 154 Å². The highest BCUT2D eigenvalue weighted by atomic mass is 16.7. The van der Waals surface area contributed by atoms with Gasteiger partial charge < -0.3 is 23.9 Å². The Morgan fingerprint density at radius 1 is 1.23 bits per heavy atom. The summed E-state index contributed by atoms with van der Waals surface area (Å²) < 4.78 is 23.6. The third-order valence-electron chi connectivity index (χ3n) is 5.55. The maximum atomic E-state index is 11.8. The topological polar surface area (TPSA) is 74.2 Å². The fourth-order valence-electron chi connectivity index (χ4n) is 3.24. The number of hydrogen-bond acceptors (Lipinski definition) is 5. The van der Waals surface area contributed by atoms with Crippen LogP contribution in [-0.2, 0) is 18.8 Å². The zero-order valence-electron chi connectivity index (χ0n) is 15.9. The number of carboxylic acids is 1. The fourth-order valence-corrected chi connectivity index (χ4v) is 3.24. The van der Waals surface area contributed by atoms with E-state index in [4.69, 9.17) is 18.8 Å². The quantitative estimate of drug-likeness (QED) is 0.810. The minimum absolute atomic E-state index is 0.174. The van der Waals surface area contributed by atoms with Gasteiger partial charge >= 0.3 is 13.1 Å². The van der Waals surface area contributed by atoms with E-state index in [1.165, 1.54) is 0 Å². The summed E-state index contributed by atoms with van der Waals surface area (Å²) in [4.78, 5) is 11.8. The highest BCUT2D eigenvalue weighted by Crippen LogP contribution is 2.37. The molecule has 0 bridgehead atoms. The molecule has 0 saturated carbocycles. The molecule has 1 aromatic rings. The number of carbonyl (C=O) groups is 1. The summed E-state index contributed by atoms with van der Waals surface area (Å²) in [7, 11) is -0.603. The number of hydrogen-bond donors (Lipinski definition) is 1. The van der Waals surface area contributed by atoms with Crippen molar-refractivity contribution in [2.45, 2.75) is 57.8 Å². The van der Waals surface area contributed by atoms with Crippen LogP contribution in [-0.4, -0.2) is 48.7 Å². The average Bonchev–Trinajstić information content (AvgIpc) is 2.81. The van der Waals surface area contributed by atoms with Gasteiger partial charge in [0.1, 0.15) is 5.75 Å². The first kappa shape index (κ1) is 19.2. The fraction of sp³-hybridized carbons (Fsp3) is 0.632. The Morgan fingerprint density at radius 3 is 2.46 bits per heavy atom. The third-order valence-corrected chi connectivity index (χ3v) is 5.55. The van der Waals surface area contributed by atoms with Gasteiger partial charge in [0.15, 0.2) is 0 Å². The second kappa shape index (κ2) is 7.21. The van der Waals surface area contributed by atoms with Crippen molar-refractivity contribution in [3.8, 4) is 5.75 Å². The number of benzene rings is 1. The van der Waals surface area contributed by atoms with E-state index in [1.807, 2.05) is 45.9 Å². The summed E-state index contributed by atoms with van der Waals surface area (Å²) in [5.41, 5.74) is -0.253. The normalized spacial score (nSPS) is 25.7. The summed E-state index contributed by atoms with van der Waals surface area (Å²) >= 11 is 0. The first-order chi connectivity index (χ1) is 12.2. The van der Waals surface area contributed by atoms with Crippen molar-refractivity contribution in [2.24, 2.45) is 5.92 Å². The van der Waals surface area contributed by atoms with Gasteiger partial charge in [-0.25, -0.2) is 4.79 Å². The van der Waals surface area contributed by atoms with Crippen LogP contribution in [0, 0.1) is 5.92 Å². The molecule has 26 heavy (non-hydrogen) atoms. The first-order valence-electron chi connectivity index (χ1n) is 9.13. The Morgan fingerprint density at radius 2 is 1.88 bits per heavy atom. The van der Waals surface area contributed by atoms with Crippen molar-refractivity contribution < 1.29 is 28.7 Å². The van der Waals surface area contributed by atoms with Gasteiger partial charge in [0, 0.05) is 18.0 Å². The molecule has 0 spiro atoms. The highest BCUT2D eigenvalue weighted by Gasteiger charge is 2.52. The summed E-state index contributed by atoms with van der Waals surface area (Å²) in [5.74, 6) is -0.680. The van der Waals surface area contributed by atoms with Crippen LogP contribution in [0.5, 0.6) is 5.75 Å². The highest BCUT2D eigenvalue weighted by molar-refractivity contribution is 6.63. The summed E-state index contributed by atoms with van der Waals surface area (Å²) in [6.45, 7) is 9.00. The largest absolute Gasteiger partial charge is 0.498 e. The molecule has 2 aliphatic rings. The molecular formula is C19H27BO6. The van der Waals surface area contributed by atoms with E-state index in [9.17, 15) is 9.90 Å². The van der Waals surface area contributed by atoms with Crippen molar-refractivity contribution in [3.05, 3.63) is 24.3 Å². The Balaban J connectivity index is 1.84. The molecule has 1 N–H and O–H groups in total. The smallest absolute Gasteiger partial charge is 0.479 e. The lowest BCUT2D eigenvalue weighted by atomic mass is 9.78. The van der Waals surface area contributed by atoms with Crippen molar-refractivity contribution in [1.82, 2.24) is 0 Å². The summed E-state index contributed by atoms with van der Waals surface area (Å²) in [6, 6.07) is 7.31. The van der Waals surface area contributed by atoms with Crippen LogP contribution in [0.1, 0.15) is 40.5 Å². The van der Waals surface area contributed by atoms with Crippen molar-refractivity contribution in [3.63, 3.8) is 0 Å².